The Morgan fingerprint density at radius 2 is 1.95 bits per heavy atom. The lowest BCUT2D eigenvalue weighted by Gasteiger charge is -2.40. The summed E-state index contributed by atoms with van der Waals surface area (Å²) in [7, 11) is -3.42. The molecule has 0 radical (unpaired) electrons. The average Bonchev–Trinajstić information content (AvgIpc) is 2.76. The van der Waals surface area contributed by atoms with E-state index in [0.717, 1.165) is 37.3 Å². The van der Waals surface area contributed by atoms with Crippen molar-refractivity contribution in [2.45, 2.75) is 49.4 Å². The monoisotopic (exact) mass is 317 g/mol. The number of nitrogens with zero attached hydrogens (tertiary/aromatic N) is 1. The largest absolute Gasteiger partial charge is 0.398 e. The number of hydrogen-bond donors (Lipinski definition) is 2. The van der Waals surface area contributed by atoms with Crippen LogP contribution in [0, 0.1) is 0 Å². The van der Waals surface area contributed by atoms with Gasteiger partial charge in [-0.25, -0.2) is 13.1 Å². The second-order valence-corrected chi connectivity index (χ2v) is 9.10. The fourth-order valence-electron chi connectivity index (χ4n) is 2.42. The Bertz CT molecular complexity index is 552. The summed E-state index contributed by atoms with van der Waals surface area (Å²) in [4.78, 5) is 2.39. The molecule has 7 heteroatoms. The highest BCUT2D eigenvalue weighted by molar-refractivity contribution is 7.91. The molecule has 0 unspecified atom stereocenters. The number of thiophene rings is 1. The smallest absolute Gasteiger partial charge is 0.250 e. The van der Waals surface area contributed by atoms with Gasteiger partial charge in [0, 0.05) is 35.7 Å². The SMILES string of the molecule is CC(C)(C)N1CCC(NS(=O)(=O)c2cc(N)cs2)CC1. The van der Waals surface area contributed by atoms with E-state index in [2.05, 4.69) is 30.4 Å². The first kappa shape index (κ1) is 15.8. The van der Waals surface area contributed by atoms with Gasteiger partial charge in [-0.2, -0.15) is 0 Å². The van der Waals surface area contributed by atoms with E-state index >= 15 is 0 Å². The molecule has 2 heterocycles. The maximum absolute atomic E-state index is 12.2. The van der Waals surface area contributed by atoms with Crippen LogP contribution in [0.25, 0.3) is 0 Å². The van der Waals surface area contributed by atoms with Gasteiger partial charge in [-0.15, -0.1) is 11.3 Å². The predicted molar refractivity (Wildman–Crippen MR) is 83.4 cm³/mol. The Morgan fingerprint density at radius 3 is 2.40 bits per heavy atom. The third-order valence-corrected chi connectivity index (χ3v) is 6.60. The van der Waals surface area contributed by atoms with Crippen LogP contribution in [0.1, 0.15) is 33.6 Å². The maximum atomic E-state index is 12.2. The molecular weight excluding hydrogens is 294 g/mol. The van der Waals surface area contributed by atoms with Gasteiger partial charge in [0.15, 0.2) is 0 Å². The van der Waals surface area contributed by atoms with Gasteiger partial charge in [0.1, 0.15) is 4.21 Å². The first-order valence-corrected chi connectivity index (χ1v) is 9.16. The lowest BCUT2D eigenvalue weighted by Crippen LogP contribution is -2.50. The van der Waals surface area contributed by atoms with Crippen LogP contribution in [0.15, 0.2) is 15.7 Å². The van der Waals surface area contributed by atoms with Crippen LogP contribution in [0.4, 0.5) is 5.69 Å². The molecular formula is C13H23N3O2S2. The van der Waals surface area contributed by atoms with Crippen molar-refractivity contribution in [3.8, 4) is 0 Å². The van der Waals surface area contributed by atoms with Crippen molar-refractivity contribution >= 4 is 27.0 Å². The summed E-state index contributed by atoms with van der Waals surface area (Å²) >= 11 is 1.16. The average molecular weight is 317 g/mol. The third kappa shape index (κ3) is 3.72. The number of sulfonamides is 1. The van der Waals surface area contributed by atoms with E-state index in [1.165, 1.54) is 6.07 Å². The molecule has 1 aliphatic rings. The van der Waals surface area contributed by atoms with Gasteiger partial charge in [0.25, 0.3) is 0 Å². The van der Waals surface area contributed by atoms with E-state index in [9.17, 15) is 8.42 Å². The summed E-state index contributed by atoms with van der Waals surface area (Å²) in [5.74, 6) is 0. The normalized spacial score (nSPS) is 19.4. The van der Waals surface area contributed by atoms with Crippen molar-refractivity contribution in [2.75, 3.05) is 18.8 Å². The second-order valence-electron chi connectivity index (χ2n) is 6.25. The summed E-state index contributed by atoms with van der Waals surface area (Å²) in [6, 6.07) is 1.53. The Labute approximate surface area is 125 Å². The Hall–Kier alpha value is -0.630. The van der Waals surface area contributed by atoms with Gasteiger partial charge in [-0.3, -0.25) is 4.90 Å². The van der Waals surface area contributed by atoms with Crippen molar-refractivity contribution in [1.29, 1.82) is 0 Å². The zero-order chi connectivity index (χ0) is 15.0. The molecule has 1 aromatic heterocycles. The van der Waals surface area contributed by atoms with Gasteiger partial charge in [-0.1, -0.05) is 0 Å². The summed E-state index contributed by atoms with van der Waals surface area (Å²) in [6.45, 7) is 8.40. The van der Waals surface area contributed by atoms with E-state index in [0.29, 0.717) is 9.90 Å². The van der Waals surface area contributed by atoms with Crippen LogP contribution in [0.5, 0.6) is 0 Å². The summed E-state index contributed by atoms with van der Waals surface area (Å²) < 4.78 is 27.5. The molecule has 5 nitrogen and oxygen atoms in total. The summed E-state index contributed by atoms with van der Waals surface area (Å²) in [6.07, 6.45) is 1.69. The lowest BCUT2D eigenvalue weighted by molar-refractivity contribution is 0.100. The Kier molecular flexibility index (Phi) is 4.44. The van der Waals surface area contributed by atoms with E-state index in [4.69, 9.17) is 5.73 Å². The van der Waals surface area contributed by atoms with Gasteiger partial charge in [0.2, 0.25) is 10.0 Å². The fraction of sp³-hybridized carbons (Fsp3) is 0.692. The minimum atomic E-state index is -3.42. The summed E-state index contributed by atoms with van der Waals surface area (Å²) in [5, 5.41) is 1.65. The van der Waals surface area contributed by atoms with Crippen LogP contribution in [0.3, 0.4) is 0 Å². The first-order chi connectivity index (χ1) is 9.18. The number of nitrogens with one attached hydrogen (secondary N) is 1. The Balaban J connectivity index is 1.96. The van der Waals surface area contributed by atoms with Crippen molar-refractivity contribution in [3.05, 3.63) is 11.4 Å². The van der Waals surface area contributed by atoms with Gasteiger partial charge < -0.3 is 5.73 Å². The van der Waals surface area contributed by atoms with Crippen molar-refractivity contribution in [3.63, 3.8) is 0 Å². The van der Waals surface area contributed by atoms with Crippen molar-refractivity contribution < 1.29 is 8.42 Å². The molecule has 0 atom stereocenters. The molecule has 20 heavy (non-hydrogen) atoms. The number of piperidine rings is 1. The highest BCUT2D eigenvalue weighted by atomic mass is 32.2. The van der Waals surface area contributed by atoms with E-state index in [1.807, 2.05) is 0 Å². The summed E-state index contributed by atoms with van der Waals surface area (Å²) in [5.41, 5.74) is 6.23. The zero-order valence-electron chi connectivity index (χ0n) is 12.2. The molecule has 3 N–H and O–H groups in total. The van der Waals surface area contributed by atoms with E-state index < -0.39 is 10.0 Å². The number of likely N-dealkylation sites (tertiary alicyclic amines) is 1. The quantitative estimate of drug-likeness (QED) is 0.892. The van der Waals surface area contributed by atoms with E-state index in [-0.39, 0.29) is 11.6 Å². The number of hydrogen-bond acceptors (Lipinski definition) is 5. The third-order valence-electron chi connectivity index (χ3n) is 3.63. The first-order valence-electron chi connectivity index (χ1n) is 6.80. The topological polar surface area (TPSA) is 75.4 Å². The van der Waals surface area contributed by atoms with Crippen molar-refractivity contribution in [1.82, 2.24) is 9.62 Å². The molecule has 0 spiro atoms. The highest BCUT2D eigenvalue weighted by Gasteiger charge is 2.29. The lowest BCUT2D eigenvalue weighted by atomic mass is 9.99. The zero-order valence-corrected chi connectivity index (χ0v) is 13.9. The molecule has 1 fully saturated rings. The Morgan fingerprint density at radius 1 is 1.35 bits per heavy atom. The van der Waals surface area contributed by atoms with Gasteiger partial charge in [-0.05, 0) is 39.7 Å². The number of anilines is 1. The number of rotatable bonds is 3. The molecule has 1 saturated heterocycles. The van der Waals surface area contributed by atoms with Crippen LogP contribution in [-0.4, -0.2) is 38.0 Å². The molecule has 114 valence electrons. The van der Waals surface area contributed by atoms with Crippen LogP contribution < -0.4 is 10.5 Å². The predicted octanol–water partition coefficient (Wildman–Crippen LogP) is 1.87. The standard InChI is InChI=1S/C13H23N3O2S2/c1-13(2,3)16-6-4-11(5-7-16)15-20(17,18)12-8-10(14)9-19-12/h8-9,11,15H,4-7,14H2,1-3H3. The fourth-order valence-corrected chi connectivity index (χ4v) is 4.82. The van der Waals surface area contributed by atoms with E-state index in [1.54, 1.807) is 5.38 Å². The molecule has 0 saturated carbocycles. The molecule has 0 aromatic carbocycles. The molecule has 1 aromatic rings. The molecule has 0 aliphatic carbocycles. The molecule has 1 aliphatic heterocycles. The van der Waals surface area contributed by atoms with Crippen LogP contribution in [-0.2, 0) is 10.0 Å². The van der Waals surface area contributed by atoms with Crippen LogP contribution >= 0.6 is 11.3 Å². The van der Waals surface area contributed by atoms with Crippen LogP contribution in [0.2, 0.25) is 0 Å². The molecule has 0 amide bonds. The van der Waals surface area contributed by atoms with Crippen molar-refractivity contribution in [2.24, 2.45) is 0 Å². The number of nitrogen functional groups attached to an aromatic ring is 1. The number of nitrogens with two attached hydrogens (primary N) is 1. The molecule has 0 bridgehead atoms. The highest BCUT2D eigenvalue weighted by Crippen LogP contribution is 2.24. The second kappa shape index (κ2) is 5.63. The maximum Gasteiger partial charge on any atom is 0.250 e. The van der Waals surface area contributed by atoms with Gasteiger partial charge in [0.05, 0.1) is 0 Å². The molecule has 2 rings (SSSR count). The minimum Gasteiger partial charge on any atom is -0.398 e. The van der Waals surface area contributed by atoms with Gasteiger partial charge >= 0.3 is 0 Å². The minimum absolute atomic E-state index is 0.0157.